The van der Waals surface area contributed by atoms with Crippen molar-refractivity contribution in [1.82, 2.24) is 9.80 Å². The van der Waals surface area contributed by atoms with E-state index in [2.05, 4.69) is 11.9 Å². The molecule has 2 aromatic carbocycles. The molecular weight excluding hydrogens is 398 g/mol. The van der Waals surface area contributed by atoms with Crippen LogP contribution in [-0.2, 0) is 9.53 Å². The van der Waals surface area contributed by atoms with Crippen molar-refractivity contribution in [1.29, 1.82) is 0 Å². The number of nitrogens with zero attached hydrogens (tertiary/aromatic N) is 3. The number of amides is 2. The van der Waals surface area contributed by atoms with Crippen LogP contribution in [0.25, 0.3) is 0 Å². The molecule has 1 atom stereocenters. The average molecular weight is 425 g/mol. The second-order valence-corrected chi connectivity index (χ2v) is 7.72. The normalized spacial score (nSPS) is 19.3. The zero-order valence-electron chi connectivity index (χ0n) is 17.8. The molecule has 4 rings (SSSR count). The number of carbonyl (C=O) groups is 2. The lowest BCUT2D eigenvalue weighted by atomic mass is 10.1. The topological polar surface area (TPSA) is 71.6 Å². The highest BCUT2D eigenvalue weighted by molar-refractivity contribution is 5.90. The number of methoxy groups -OCH3 is 1. The van der Waals surface area contributed by atoms with Gasteiger partial charge in [0, 0.05) is 31.9 Å². The van der Waals surface area contributed by atoms with E-state index in [1.165, 1.54) is 0 Å². The molecule has 0 bridgehead atoms. The van der Waals surface area contributed by atoms with Crippen LogP contribution in [0.1, 0.15) is 11.7 Å². The maximum absolute atomic E-state index is 12.3. The van der Waals surface area contributed by atoms with Gasteiger partial charge >= 0.3 is 6.09 Å². The number of benzene rings is 2. The third-order valence-electron chi connectivity index (χ3n) is 5.67. The van der Waals surface area contributed by atoms with E-state index in [1.807, 2.05) is 41.3 Å². The van der Waals surface area contributed by atoms with E-state index in [4.69, 9.17) is 14.2 Å². The van der Waals surface area contributed by atoms with Crippen molar-refractivity contribution in [2.75, 3.05) is 58.4 Å². The van der Waals surface area contributed by atoms with Crippen molar-refractivity contribution in [3.63, 3.8) is 0 Å². The van der Waals surface area contributed by atoms with Crippen LogP contribution in [0.5, 0.6) is 11.5 Å². The summed E-state index contributed by atoms with van der Waals surface area (Å²) in [4.78, 5) is 30.3. The summed E-state index contributed by atoms with van der Waals surface area (Å²) >= 11 is 0. The molecule has 0 radical (unpaired) electrons. The Bertz CT molecular complexity index is 908. The Labute approximate surface area is 181 Å². The molecule has 2 saturated heterocycles. The standard InChI is InChI=1S/C23H27N3O5/c1-24-11-13-25(14-12-24)22(27)16-30-20-7-3-17(4-8-20)21-15-26(23(28)31-21)18-5-9-19(29-2)10-6-18/h3-10,21H,11-16H2,1-2H3. The van der Waals surface area contributed by atoms with Crippen LogP contribution in [-0.4, -0.2) is 75.3 Å². The summed E-state index contributed by atoms with van der Waals surface area (Å²) in [6.07, 6.45) is -0.746. The van der Waals surface area contributed by atoms with Crippen LogP contribution in [0.15, 0.2) is 48.5 Å². The van der Waals surface area contributed by atoms with Crippen LogP contribution in [0.4, 0.5) is 10.5 Å². The Balaban J connectivity index is 1.31. The largest absolute Gasteiger partial charge is 0.497 e. The number of rotatable bonds is 6. The predicted molar refractivity (Wildman–Crippen MR) is 116 cm³/mol. The summed E-state index contributed by atoms with van der Waals surface area (Å²) < 4.78 is 16.4. The first kappa shape index (κ1) is 21.0. The highest BCUT2D eigenvalue weighted by Crippen LogP contribution is 2.31. The summed E-state index contributed by atoms with van der Waals surface area (Å²) in [5.74, 6) is 1.34. The molecule has 2 amide bonds. The minimum absolute atomic E-state index is 0.00275. The lowest BCUT2D eigenvalue weighted by Gasteiger charge is -2.32. The number of carbonyl (C=O) groups excluding carboxylic acids is 2. The van der Waals surface area contributed by atoms with Gasteiger partial charge in [-0.15, -0.1) is 0 Å². The molecule has 2 heterocycles. The molecule has 2 fully saturated rings. The Kier molecular flexibility index (Phi) is 6.27. The SMILES string of the molecule is COc1ccc(N2CC(c3ccc(OCC(=O)N4CCN(C)CC4)cc3)OC2=O)cc1. The zero-order valence-corrected chi connectivity index (χ0v) is 17.8. The molecule has 0 spiro atoms. The fourth-order valence-corrected chi connectivity index (χ4v) is 3.68. The van der Waals surface area contributed by atoms with E-state index < -0.39 is 0 Å². The first-order valence-corrected chi connectivity index (χ1v) is 10.3. The molecule has 31 heavy (non-hydrogen) atoms. The van der Waals surface area contributed by atoms with Gasteiger partial charge in [-0.25, -0.2) is 4.79 Å². The molecule has 8 nitrogen and oxygen atoms in total. The van der Waals surface area contributed by atoms with Gasteiger partial charge in [0.15, 0.2) is 6.61 Å². The highest BCUT2D eigenvalue weighted by atomic mass is 16.6. The molecule has 0 aliphatic carbocycles. The molecule has 2 aromatic rings. The Hall–Kier alpha value is -3.26. The first-order chi connectivity index (χ1) is 15.0. The lowest BCUT2D eigenvalue weighted by molar-refractivity contribution is -0.134. The van der Waals surface area contributed by atoms with Gasteiger partial charge in [-0.05, 0) is 49.0 Å². The van der Waals surface area contributed by atoms with E-state index in [-0.39, 0.29) is 24.7 Å². The molecule has 0 N–H and O–H groups in total. The van der Waals surface area contributed by atoms with Gasteiger partial charge < -0.3 is 24.0 Å². The monoisotopic (exact) mass is 425 g/mol. The second kappa shape index (κ2) is 9.26. The Morgan fingerprint density at radius 1 is 1.00 bits per heavy atom. The third kappa shape index (κ3) is 4.91. The minimum atomic E-state index is -0.381. The number of anilines is 1. The molecule has 164 valence electrons. The maximum Gasteiger partial charge on any atom is 0.415 e. The molecule has 8 heteroatoms. The average Bonchev–Trinajstić information content (AvgIpc) is 3.20. The van der Waals surface area contributed by atoms with Crippen molar-refractivity contribution in [2.24, 2.45) is 0 Å². The lowest BCUT2D eigenvalue weighted by Crippen LogP contribution is -2.48. The maximum atomic E-state index is 12.3. The van der Waals surface area contributed by atoms with Gasteiger partial charge in [-0.3, -0.25) is 9.69 Å². The third-order valence-corrected chi connectivity index (χ3v) is 5.67. The van der Waals surface area contributed by atoms with Crippen LogP contribution in [0, 0.1) is 0 Å². The van der Waals surface area contributed by atoms with Crippen LogP contribution in [0.3, 0.4) is 0 Å². The van der Waals surface area contributed by atoms with Crippen molar-refractivity contribution in [3.05, 3.63) is 54.1 Å². The Morgan fingerprint density at radius 3 is 2.29 bits per heavy atom. The fraction of sp³-hybridized carbons (Fsp3) is 0.391. The zero-order chi connectivity index (χ0) is 21.8. The first-order valence-electron chi connectivity index (χ1n) is 10.3. The highest BCUT2D eigenvalue weighted by Gasteiger charge is 2.33. The molecule has 2 aliphatic rings. The number of ether oxygens (including phenoxy) is 3. The summed E-state index contributed by atoms with van der Waals surface area (Å²) in [6.45, 7) is 3.67. The van der Waals surface area contributed by atoms with Gasteiger partial charge in [0.25, 0.3) is 5.91 Å². The van der Waals surface area contributed by atoms with E-state index in [9.17, 15) is 9.59 Å². The summed E-state index contributed by atoms with van der Waals surface area (Å²) in [5, 5.41) is 0. The van der Waals surface area contributed by atoms with Crippen molar-refractivity contribution in [2.45, 2.75) is 6.10 Å². The number of piperazine rings is 1. The summed E-state index contributed by atoms with van der Waals surface area (Å²) in [7, 11) is 3.66. The fourth-order valence-electron chi connectivity index (χ4n) is 3.68. The molecule has 0 aromatic heterocycles. The van der Waals surface area contributed by atoms with Gasteiger partial charge in [0.1, 0.15) is 17.6 Å². The van der Waals surface area contributed by atoms with E-state index >= 15 is 0 Å². The van der Waals surface area contributed by atoms with E-state index in [0.717, 1.165) is 43.2 Å². The number of cyclic esters (lactones) is 1. The van der Waals surface area contributed by atoms with Crippen molar-refractivity contribution < 1.29 is 23.8 Å². The summed E-state index contributed by atoms with van der Waals surface area (Å²) in [5.41, 5.74) is 1.64. The second-order valence-electron chi connectivity index (χ2n) is 7.72. The molecule has 0 saturated carbocycles. The van der Waals surface area contributed by atoms with Gasteiger partial charge in [0.05, 0.1) is 13.7 Å². The minimum Gasteiger partial charge on any atom is -0.497 e. The van der Waals surface area contributed by atoms with E-state index in [1.54, 1.807) is 24.1 Å². The number of hydrogen-bond donors (Lipinski definition) is 0. The van der Waals surface area contributed by atoms with Crippen molar-refractivity contribution in [3.8, 4) is 11.5 Å². The molecule has 1 unspecified atom stereocenters. The number of hydrogen-bond acceptors (Lipinski definition) is 6. The molecular formula is C23H27N3O5. The smallest absolute Gasteiger partial charge is 0.415 e. The van der Waals surface area contributed by atoms with Crippen LogP contribution >= 0.6 is 0 Å². The van der Waals surface area contributed by atoms with Gasteiger partial charge in [0.2, 0.25) is 0 Å². The van der Waals surface area contributed by atoms with Gasteiger partial charge in [-0.2, -0.15) is 0 Å². The quantitative estimate of drug-likeness (QED) is 0.708. The van der Waals surface area contributed by atoms with Gasteiger partial charge in [-0.1, -0.05) is 12.1 Å². The number of likely N-dealkylation sites (N-methyl/N-ethyl adjacent to an activating group) is 1. The molecule has 2 aliphatic heterocycles. The van der Waals surface area contributed by atoms with Crippen molar-refractivity contribution >= 4 is 17.7 Å². The summed E-state index contributed by atoms with van der Waals surface area (Å²) in [6, 6.07) is 14.6. The van der Waals surface area contributed by atoms with E-state index in [0.29, 0.717) is 12.3 Å². The van der Waals surface area contributed by atoms with Crippen LogP contribution in [0.2, 0.25) is 0 Å². The predicted octanol–water partition coefficient (Wildman–Crippen LogP) is 2.55. The Morgan fingerprint density at radius 2 is 1.65 bits per heavy atom. The van der Waals surface area contributed by atoms with Crippen LogP contribution < -0.4 is 14.4 Å².